The van der Waals surface area contributed by atoms with Crippen LogP contribution in [0.1, 0.15) is 16.7 Å². The second-order valence-corrected chi connectivity index (χ2v) is 8.15. The van der Waals surface area contributed by atoms with E-state index in [4.69, 9.17) is 38.4 Å². The first kappa shape index (κ1) is 22.7. The van der Waals surface area contributed by atoms with Crippen molar-refractivity contribution in [3.63, 3.8) is 0 Å². The first-order chi connectivity index (χ1) is 16.1. The average Bonchev–Trinajstić information content (AvgIpc) is 2.85. The van der Waals surface area contributed by atoms with Crippen LogP contribution in [-0.2, 0) is 13.2 Å². The lowest BCUT2D eigenvalue weighted by molar-refractivity contribution is 0.256. The third-order valence-corrected chi connectivity index (χ3v) is 5.49. The van der Waals surface area contributed by atoms with Crippen molar-refractivity contribution in [3.05, 3.63) is 118 Å². The molecule has 0 saturated carbocycles. The number of hydrogen-bond acceptors (Lipinski definition) is 4. The molecule has 0 atom stereocenters. The summed E-state index contributed by atoms with van der Waals surface area (Å²) in [5.41, 5.74) is 9.73. The molecule has 0 bridgehead atoms. The zero-order valence-corrected chi connectivity index (χ0v) is 19.3. The van der Waals surface area contributed by atoms with Crippen LogP contribution < -0.4 is 15.2 Å². The Morgan fingerprint density at radius 1 is 0.697 bits per heavy atom. The molecule has 0 fully saturated rings. The molecule has 166 valence electrons. The predicted octanol–water partition coefficient (Wildman–Crippen LogP) is 7.48. The Kier molecular flexibility index (Phi) is 7.51. The first-order valence-electron chi connectivity index (χ1n) is 10.3. The minimum Gasteiger partial charge on any atom is -0.485 e. The van der Waals surface area contributed by atoms with Gasteiger partial charge in [0.25, 0.3) is 0 Å². The van der Waals surface area contributed by atoms with Gasteiger partial charge in [-0.05, 0) is 47.0 Å². The van der Waals surface area contributed by atoms with E-state index in [-0.39, 0.29) is 0 Å². The van der Waals surface area contributed by atoms with E-state index in [2.05, 4.69) is 4.99 Å². The molecule has 4 aromatic carbocycles. The molecule has 0 unspecified atom stereocenters. The summed E-state index contributed by atoms with van der Waals surface area (Å²) in [5.74, 6) is 1.29. The van der Waals surface area contributed by atoms with Gasteiger partial charge in [0, 0.05) is 6.21 Å². The number of anilines is 1. The Balaban J connectivity index is 1.56. The van der Waals surface area contributed by atoms with E-state index in [0.717, 1.165) is 16.7 Å². The van der Waals surface area contributed by atoms with Crippen LogP contribution in [0.25, 0.3) is 0 Å². The van der Waals surface area contributed by atoms with Gasteiger partial charge in [0.2, 0.25) is 0 Å². The molecule has 0 aromatic heterocycles. The van der Waals surface area contributed by atoms with Crippen molar-refractivity contribution >= 4 is 40.8 Å². The van der Waals surface area contributed by atoms with Gasteiger partial charge in [-0.1, -0.05) is 83.9 Å². The number of rotatable bonds is 8. The van der Waals surface area contributed by atoms with Crippen LogP contribution >= 0.6 is 23.2 Å². The van der Waals surface area contributed by atoms with Crippen molar-refractivity contribution in [1.82, 2.24) is 0 Å². The van der Waals surface area contributed by atoms with Gasteiger partial charge in [-0.25, -0.2) is 0 Å². The Bertz CT molecular complexity index is 1220. The molecule has 2 N–H and O–H groups in total. The molecule has 4 nitrogen and oxygen atoms in total. The summed E-state index contributed by atoms with van der Waals surface area (Å²) in [6.45, 7) is 0.866. The lowest BCUT2D eigenvalue weighted by Crippen LogP contribution is -2.01. The minimum absolute atomic E-state index is 0.341. The third-order valence-electron chi connectivity index (χ3n) is 4.87. The number of nitrogen functional groups attached to an aromatic ring is 1. The quantitative estimate of drug-likeness (QED) is 0.211. The third kappa shape index (κ3) is 6.28. The number of nitrogens with two attached hydrogens (primary N) is 1. The number of ether oxygens (including phenoxy) is 2. The zero-order chi connectivity index (χ0) is 23.0. The highest BCUT2D eigenvalue weighted by Crippen LogP contribution is 2.33. The maximum Gasteiger partial charge on any atom is 0.162 e. The van der Waals surface area contributed by atoms with Gasteiger partial charge in [0.05, 0.1) is 21.4 Å². The maximum atomic E-state index is 6.11. The molecule has 0 heterocycles. The van der Waals surface area contributed by atoms with Crippen molar-refractivity contribution in [1.29, 1.82) is 0 Å². The Morgan fingerprint density at radius 3 is 1.82 bits per heavy atom. The second kappa shape index (κ2) is 10.9. The van der Waals surface area contributed by atoms with Crippen molar-refractivity contribution in [2.75, 3.05) is 5.73 Å². The van der Waals surface area contributed by atoms with E-state index in [1.165, 1.54) is 0 Å². The second-order valence-electron chi connectivity index (χ2n) is 7.34. The van der Waals surface area contributed by atoms with Crippen molar-refractivity contribution in [2.24, 2.45) is 4.99 Å². The normalized spacial score (nSPS) is 11.0. The number of hydrogen-bond donors (Lipinski definition) is 1. The van der Waals surface area contributed by atoms with Gasteiger partial charge in [0.1, 0.15) is 13.2 Å². The molecule has 0 spiro atoms. The molecule has 4 rings (SSSR count). The summed E-state index contributed by atoms with van der Waals surface area (Å²) in [7, 11) is 0. The molecule has 0 aliphatic carbocycles. The van der Waals surface area contributed by atoms with Crippen LogP contribution in [0.4, 0.5) is 11.4 Å². The summed E-state index contributed by atoms with van der Waals surface area (Å²) in [6, 6.07) is 29.0. The smallest absolute Gasteiger partial charge is 0.162 e. The van der Waals surface area contributed by atoms with Crippen LogP contribution in [0.2, 0.25) is 10.0 Å². The monoisotopic (exact) mass is 476 g/mol. The number of benzene rings is 4. The topological polar surface area (TPSA) is 56.8 Å². The molecule has 6 heteroatoms. The molecule has 0 radical (unpaired) electrons. The molecule has 0 amide bonds. The lowest BCUT2D eigenvalue weighted by Gasteiger charge is -2.14. The molecule has 0 aliphatic rings. The Hall–Kier alpha value is -3.47. The van der Waals surface area contributed by atoms with Crippen LogP contribution in [0.15, 0.2) is 96.0 Å². The summed E-state index contributed by atoms with van der Waals surface area (Å²) < 4.78 is 12.2. The van der Waals surface area contributed by atoms with Gasteiger partial charge in [-0.2, -0.15) is 0 Å². The van der Waals surface area contributed by atoms with Crippen molar-refractivity contribution in [2.45, 2.75) is 13.2 Å². The molecule has 33 heavy (non-hydrogen) atoms. The van der Waals surface area contributed by atoms with Gasteiger partial charge in [-0.3, -0.25) is 4.99 Å². The zero-order valence-electron chi connectivity index (χ0n) is 17.7. The van der Waals surface area contributed by atoms with Gasteiger partial charge < -0.3 is 15.2 Å². The van der Waals surface area contributed by atoms with Crippen LogP contribution in [0.3, 0.4) is 0 Å². The van der Waals surface area contributed by atoms with E-state index in [1.807, 2.05) is 78.9 Å². The summed E-state index contributed by atoms with van der Waals surface area (Å²) in [4.78, 5) is 4.48. The first-order valence-corrected chi connectivity index (χ1v) is 11.1. The number of nitrogens with zero attached hydrogens (tertiary/aromatic N) is 1. The molecule has 0 saturated heterocycles. The largest absolute Gasteiger partial charge is 0.485 e. The van der Waals surface area contributed by atoms with Gasteiger partial charge >= 0.3 is 0 Å². The molecular formula is C27H22Cl2N2O2. The highest BCUT2D eigenvalue weighted by Gasteiger charge is 2.09. The van der Waals surface area contributed by atoms with Crippen molar-refractivity contribution < 1.29 is 9.47 Å². The van der Waals surface area contributed by atoms with E-state index in [1.54, 1.807) is 18.3 Å². The summed E-state index contributed by atoms with van der Waals surface area (Å²) in [5, 5.41) is 0.734. The maximum absolute atomic E-state index is 6.11. The van der Waals surface area contributed by atoms with E-state index >= 15 is 0 Å². The summed E-state index contributed by atoms with van der Waals surface area (Å²) in [6.07, 6.45) is 1.72. The number of aliphatic imine (C=N–C) groups is 1. The van der Waals surface area contributed by atoms with Crippen molar-refractivity contribution in [3.8, 4) is 11.5 Å². The fraction of sp³-hybridized carbons (Fsp3) is 0.0741. The van der Waals surface area contributed by atoms with E-state index in [0.29, 0.717) is 46.1 Å². The summed E-state index contributed by atoms with van der Waals surface area (Å²) >= 11 is 12.2. The minimum atomic E-state index is 0.341. The lowest BCUT2D eigenvalue weighted by atomic mass is 10.2. The van der Waals surface area contributed by atoms with Gasteiger partial charge in [-0.15, -0.1) is 0 Å². The highest BCUT2D eigenvalue weighted by molar-refractivity contribution is 6.39. The highest BCUT2D eigenvalue weighted by atomic mass is 35.5. The molecular weight excluding hydrogens is 455 g/mol. The van der Waals surface area contributed by atoms with E-state index < -0.39 is 0 Å². The fourth-order valence-electron chi connectivity index (χ4n) is 3.10. The molecule has 4 aromatic rings. The average molecular weight is 477 g/mol. The molecule has 0 aliphatic heterocycles. The van der Waals surface area contributed by atoms with Gasteiger partial charge in [0.15, 0.2) is 11.5 Å². The van der Waals surface area contributed by atoms with Crippen LogP contribution in [0, 0.1) is 0 Å². The number of halogens is 2. The Morgan fingerprint density at radius 2 is 1.24 bits per heavy atom. The van der Waals surface area contributed by atoms with Crippen LogP contribution in [0.5, 0.6) is 11.5 Å². The SMILES string of the molecule is Nc1c(Cl)cc(N=Cc2ccc(OCc3ccccc3)c(OCc3ccccc3)c2)cc1Cl. The predicted molar refractivity (Wildman–Crippen MR) is 136 cm³/mol. The van der Waals surface area contributed by atoms with E-state index in [9.17, 15) is 0 Å². The Labute approximate surface area is 203 Å². The fourth-order valence-corrected chi connectivity index (χ4v) is 3.58. The van der Waals surface area contributed by atoms with Crippen LogP contribution in [-0.4, -0.2) is 6.21 Å². The standard InChI is InChI=1S/C27H22Cl2N2O2/c28-23-14-22(15-24(29)27(23)30)31-16-21-11-12-25(32-17-19-7-3-1-4-8-19)26(13-21)33-18-20-9-5-2-6-10-20/h1-16H,17-18,30H2.